The number of ether oxygens (including phenoxy) is 1. The molecular formula is C17H23N3O3. The first-order valence-electron chi connectivity index (χ1n) is 8.22. The molecule has 1 saturated carbocycles. The molecule has 1 unspecified atom stereocenters. The van der Waals surface area contributed by atoms with E-state index < -0.39 is 6.10 Å². The first kappa shape index (κ1) is 16.0. The van der Waals surface area contributed by atoms with Crippen LogP contribution in [-0.4, -0.2) is 37.6 Å². The molecule has 1 aromatic carbocycles. The van der Waals surface area contributed by atoms with Crippen molar-refractivity contribution >= 4 is 17.5 Å². The van der Waals surface area contributed by atoms with Gasteiger partial charge in [0.05, 0.1) is 6.61 Å². The minimum atomic E-state index is -0.426. The lowest BCUT2D eigenvalue weighted by molar-refractivity contribution is -0.134. The van der Waals surface area contributed by atoms with Gasteiger partial charge in [0.2, 0.25) is 5.91 Å². The summed E-state index contributed by atoms with van der Waals surface area (Å²) in [5.41, 5.74) is 1.73. The van der Waals surface area contributed by atoms with E-state index in [1.807, 2.05) is 24.3 Å². The van der Waals surface area contributed by atoms with E-state index in [4.69, 9.17) is 4.74 Å². The number of carbonyl (C=O) groups is 2. The van der Waals surface area contributed by atoms with Gasteiger partial charge in [0, 0.05) is 31.2 Å². The van der Waals surface area contributed by atoms with Crippen molar-refractivity contribution in [1.29, 1.82) is 0 Å². The van der Waals surface area contributed by atoms with Gasteiger partial charge in [0.25, 0.3) is 5.91 Å². The fourth-order valence-electron chi connectivity index (χ4n) is 2.71. The van der Waals surface area contributed by atoms with Gasteiger partial charge in [-0.05, 0) is 30.5 Å². The second-order valence-corrected chi connectivity index (χ2v) is 6.10. The molecule has 0 bridgehead atoms. The number of amides is 2. The summed E-state index contributed by atoms with van der Waals surface area (Å²) in [6.07, 6.45) is 2.68. The van der Waals surface area contributed by atoms with Crippen LogP contribution in [0.1, 0.15) is 24.8 Å². The molecule has 0 spiro atoms. The largest absolute Gasteiger partial charge is 0.366 e. The lowest BCUT2D eigenvalue weighted by Gasteiger charge is -2.24. The van der Waals surface area contributed by atoms with Gasteiger partial charge in [0.1, 0.15) is 6.10 Å². The number of hydrogen-bond donors (Lipinski definition) is 3. The van der Waals surface area contributed by atoms with Gasteiger partial charge in [0.15, 0.2) is 0 Å². The summed E-state index contributed by atoms with van der Waals surface area (Å²) in [5.74, 6) is 0.148. The van der Waals surface area contributed by atoms with Gasteiger partial charge >= 0.3 is 0 Å². The Balaban J connectivity index is 1.50. The third-order valence-electron chi connectivity index (χ3n) is 4.36. The summed E-state index contributed by atoms with van der Waals surface area (Å²) < 4.78 is 5.42. The van der Waals surface area contributed by atoms with Gasteiger partial charge < -0.3 is 20.7 Å². The standard InChI is InChI=1S/C17H23N3O3/c21-16(13-4-2-5-13)20-14-6-1-3-12(9-14)10-19-17(22)15-11-18-7-8-23-15/h1,3,6,9,13,15,18H,2,4-5,7-8,10-11H2,(H,19,22)(H,20,21). The van der Waals surface area contributed by atoms with Crippen LogP contribution in [0.2, 0.25) is 0 Å². The Morgan fingerprint density at radius 1 is 1.26 bits per heavy atom. The minimum absolute atomic E-state index is 0.0964. The fourth-order valence-corrected chi connectivity index (χ4v) is 2.71. The molecule has 3 rings (SSSR count). The van der Waals surface area contributed by atoms with Crippen LogP contribution in [0, 0.1) is 5.92 Å². The van der Waals surface area contributed by atoms with Gasteiger partial charge in [-0.15, -0.1) is 0 Å². The normalized spacial score (nSPS) is 21.3. The molecule has 0 radical (unpaired) electrons. The molecule has 1 atom stereocenters. The number of hydrogen-bond acceptors (Lipinski definition) is 4. The average molecular weight is 317 g/mol. The fraction of sp³-hybridized carbons (Fsp3) is 0.529. The van der Waals surface area contributed by atoms with Gasteiger partial charge in [-0.25, -0.2) is 0 Å². The molecule has 1 aliphatic carbocycles. The second kappa shape index (κ2) is 7.57. The molecule has 1 aliphatic heterocycles. The van der Waals surface area contributed by atoms with Crippen LogP contribution in [0.4, 0.5) is 5.69 Å². The zero-order chi connectivity index (χ0) is 16.1. The van der Waals surface area contributed by atoms with Gasteiger partial charge in [-0.2, -0.15) is 0 Å². The zero-order valence-corrected chi connectivity index (χ0v) is 13.1. The van der Waals surface area contributed by atoms with Crippen molar-refractivity contribution in [2.75, 3.05) is 25.0 Å². The summed E-state index contributed by atoms with van der Waals surface area (Å²) >= 11 is 0. The van der Waals surface area contributed by atoms with Crippen molar-refractivity contribution in [3.05, 3.63) is 29.8 Å². The summed E-state index contributed by atoms with van der Waals surface area (Å²) in [5, 5.41) is 8.96. The molecule has 6 heteroatoms. The van der Waals surface area contributed by atoms with E-state index >= 15 is 0 Å². The first-order chi connectivity index (χ1) is 11.2. The van der Waals surface area contributed by atoms with Gasteiger partial charge in [-0.1, -0.05) is 18.6 Å². The van der Waals surface area contributed by atoms with Crippen LogP contribution in [-0.2, 0) is 20.9 Å². The van der Waals surface area contributed by atoms with Crippen LogP contribution >= 0.6 is 0 Å². The van der Waals surface area contributed by atoms with Crippen molar-refractivity contribution in [2.24, 2.45) is 5.92 Å². The summed E-state index contributed by atoms with van der Waals surface area (Å²) in [7, 11) is 0. The number of carbonyl (C=O) groups excluding carboxylic acids is 2. The van der Waals surface area contributed by atoms with Crippen molar-refractivity contribution in [3.8, 4) is 0 Å². The molecule has 1 saturated heterocycles. The van der Waals surface area contributed by atoms with Crippen molar-refractivity contribution in [1.82, 2.24) is 10.6 Å². The Morgan fingerprint density at radius 3 is 2.83 bits per heavy atom. The van der Waals surface area contributed by atoms with E-state index in [0.29, 0.717) is 19.7 Å². The van der Waals surface area contributed by atoms with Crippen LogP contribution in [0.25, 0.3) is 0 Å². The van der Waals surface area contributed by atoms with Crippen LogP contribution in [0.15, 0.2) is 24.3 Å². The van der Waals surface area contributed by atoms with Crippen molar-refractivity contribution < 1.29 is 14.3 Å². The number of anilines is 1. The van der Waals surface area contributed by atoms with E-state index in [0.717, 1.165) is 37.1 Å². The Morgan fingerprint density at radius 2 is 2.13 bits per heavy atom. The molecule has 6 nitrogen and oxygen atoms in total. The van der Waals surface area contributed by atoms with Crippen LogP contribution in [0.5, 0.6) is 0 Å². The third kappa shape index (κ3) is 4.30. The summed E-state index contributed by atoms with van der Waals surface area (Å²) in [6.45, 7) is 2.31. The molecule has 124 valence electrons. The predicted octanol–water partition coefficient (Wildman–Crippen LogP) is 1.03. The monoisotopic (exact) mass is 317 g/mol. The zero-order valence-electron chi connectivity index (χ0n) is 13.1. The van der Waals surface area contributed by atoms with E-state index in [1.165, 1.54) is 0 Å². The number of benzene rings is 1. The molecule has 2 amide bonds. The molecule has 1 heterocycles. The highest BCUT2D eigenvalue weighted by atomic mass is 16.5. The molecular weight excluding hydrogens is 294 g/mol. The maximum absolute atomic E-state index is 12.0. The Labute approximate surface area is 136 Å². The molecule has 2 aliphatic rings. The highest BCUT2D eigenvalue weighted by Crippen LogP contribution is 2.27. The predicted molar refractivity (Wildman–Crippen MR) is 86.9 cm³/mol. The molecule has 1 aromatic rings. The smallest absolute Gasteiger partial charge is 0.250 e. The summed E-state index contributed by atoms with van der Waals surface area (Å²) in [4.78, 5) is 24.0. The van der Waals surface area contributed by atoms with E-state index in [9.17, 15) is 9.59 Å². The van der Waals surface area contributed by atoms with Crippen LogP contribution in [0.3, 0.4) is 0 Å². The van der Waals surface area contributed by atoms with Crippen LogP contribution < -0.4 is 16.0 Å². The molecule has 2 fully saturated rings. The molecule has 23 heavy (non-hydrogen) atoms. The Hall–Kier alpha value is -1.92. The van der Waals surface area contributed by atoms with Crippen molar-refractivity contribution in [3.63, 3.8) is 0 Å². The quantitative estimate of drug-likeness (QED) is 0.758. The lowest BCUT2D eigenvalue weighted by atomic mass is 9.85. The van der Waals surface area contributed by atoms with E-state index in [1.54, 1.807) is 0 Å². The molecule has 0 aromatic heterocycles. The summed E-state index contributed by atoms with van der Waals surface area (Å²) in [6, 6.07) is 7.59. The Bertz CT molecular complexity index is 566. The van der Waals surface area contributed by atoms with E-state index in [2.05, 4.69) is 16.0 Å². The average Bonchev–Trinajstić information content (AvgIpc) is 2.52. The van der Waals surface area contributed by atoms with Gasteiger partial charge in [-0.3, -0.25) is 9.59 Å². The maximum Gasteiger partial charge on any atom is 0.250 e. The maximum atomic E-state index is 12.0. The highest BCUT2D eigenvalue weighted by Gasteiger charge is 2.25. The molecule has 3 N–H and O–H groups in total. The number of morpholine rings is 1. The second-order valence-electron chi connectivity index (χ2n) is 6.10. The number of rotatable bonds is 5. The van der Waals surface area contributed by atoms with Crippen molar-refractivity contribution in [2.45, 2.75) is 31.9 Å². The van der Waals surface area contributed by atoms with E-state index in [-0.39, 0.29) is 17.7 Å². The lowest BCUT2D eigenvalue weighted by Crippen LogP contribution is -2.47. The first-order valence-corrected chi connectivity index (χ1v) is 8.22. The Kier molecular flexibility index (Phi) is 5.25. The highest BCUT2D eigenvalue weighted by molar-refractivity contribution is 5.93. The topological polar surface area (TPSA) is 79.5 Å². The third-order valence-corrected chi connectivity index (χ3v) is 4.36. The minimum Gasteiger partial charge on any atom is -0.366 e. The SMILES string of the molecule is O=C(Nc1cccc(CNC(=O)C2CNCCO2)c1)C1CCC1. The number of nitrogens with one attached hydrogen (secondary N) is 3.